The number of rotatable bonds is 9. The topological polar surface area (TPSA) is 294 Å². The number of anilines is 1. The van der Waals surface area contributed by atoms with Crippen molar-refractivity contribution in [2.24, 2.45) is 5.11 Å². The zero-order valence-electron chi connectivity index (χ0n) is 16.9. The van der Waals surface area contributed by atoms with Gasteiger partial charge in [0.2, 0.25) is 0 Å². The molecule has 1 aliphatic rings. The van der Waals surface area contributed by atoms with Gasteiger partial charge in [0.15, 0.2) is 5.65 Å². The van der Waals surface area contributed by atoms with Crippen LogP contribution in [0.3, 0.4) is 0 Å². The van der Waals surface area contributed by atoms with Crippen molar-refractivity contribution in [1.29, 1.82) is 0 Å². The molecular weight excluding hydrogens is 527 g/mol. The third-order valence-corrected chi connectivity index (χ3v) is 8.40. The Kier molecular flexibility index (Phi) is 7.26. The number of imidazole rings is 1. The van der Waals surface area contributed by atoms with E-state index in [1.807, 2.05) is 0 Å². The van der Waals surface area contributed by atoms with Gasteiger partial charge >= 0.3 is 23.5 Å². The summed E-state index contributed by atoms with van der Waals surface area (Å²) in [5, 5.41) is 18.4. The second kappa shape index (κ2) is 9.26. The molecule has 6 atom stereocenters. The maximum Gasteiger partial charge on any atom is 0.490 e. The Hall–Kier alpha value is -1.94. The van der Waals surface area contributed by atoms with Gasteiger partial charge in [-0.3, -0.25) is 4.52 Å². The van der Waals surface area contributed by atoms with Gasteiger partial charge in [-0.05, 0) is 18.5 Å². The van der Waals surface area contributed by atoms with E-state index in [0.29, 0.717) is 0 Å². The van der Waals surface area contributed by atoms with Gasteiger partial charge in [-0.1, -0.05) is 5.11 Å². The number of nitrogens with zero attached hydrogens (tertiary/aromatic N) is 6. The Morgan fingerprint density at radius 1 is 1.29 bits per heavy atom. The Labute approximate surface area is 189 Å². The first-order valence-corrected chi connectivity index (χ1v) is 13.4. The summed E-state index contributed by atoms with van der Waals surface area (Å²) in [4.78, 5) is 42.8. The van der Waals surface area contributed by atoms with Crippen LogP contribution in [0.5, 0.6) is 0 Å². The van der Waals surface area contributed by atoms with Gasteiger partial charge in [-0.15, -0.1) is 0 Å². The predicted molar refractivity (Wildman–Crippen MR) is 108 cm³/mol. The van der Waals surface area contributed by atoms with Crippen LogP contribution in [0.2, 0.25) is 0 Å². The van der Waals surface area contributed by atoms with Crippen LogP contribution in [0.25, 0.3) is 16.1 Å². The van der Waals surface area contributed by atoms with E-state index in [1.54, 1.807) is 0 Å². The average Bonchev–Trinajstić information content (AvgIpc) is 3.19. The van der Waals surface area contributed by atoms with Crippen LogP contribution in [-0.2, 0) is 31.6 Å². The van der Waals surface area contributed by atoms with E-state index in [1.165, 1.54) is 29.9 Å². The molecule has 3 heterocycles. The summed E-state index contributed by atoms with van der Waals surface area (Å²) in [7, 11) is -16.8. The number of aliphatic hydroxyl groups excluding tert-OH is 1. The van der Waals surface area contributed by atoms with Crippen molar-refractivity contribution in [3.8, 4) is 0 Å². The van der Waals surface area contributed by atoms with E-state index in [9.17, 15) is 28.6 Å². The Bertz CT molecular complexity index is 1280. The molecule has 34 heavy (non-hydrogen) atoms. The minimum atomic E-state index is -5.73. The summed E-state index contributed by atoms with van der Waals surface area (Å²) in [6.45, 7) is 0.350. The second-order valence-corrected chi connectivity index (χ2v) is 11.4. The molecule has 0 saturated carbocycles. The van der Waals surface area contributed by atoms with Crippen LogP contribution < -0.4 is 5.73 Å². The average molecular weight is 545 g/mol. The molecule has 19 nitrogen and oxygen atoms in total. The molecule has 188 valence electrons. The largest absolute Gasteiger partial charge is 0.490 e. The van der Waals surface area contributed by atoms with E-state index in [-0.39, 0.29) is 17.0 Å². The molecule has 1 saturated heterocycles. The Balaban J connectivity index is 1.83. The molecule has 0 bridgehead atoms. The van der Waals surface area contributed by atoms with Crippen LogP contribution in [0.15, 0.2) is 23.6 Å². The van der Waals surface area contributed by atoms with Gasteiger partial charge in [0.05, 0.1) is 36.5 Å². The lowest BCUT2D eigenvalue weighted by Gasteiger charge is -2.26. The number of hydrogen-bond donors (Lipinski definition) is 6. The smallest absolute Gasteiger partial charge is 0.396 e. The van der Waals surface area contributed by atoms with E-state index in [2.05, 4.69) is 33.3 Å². The first-order chi connectivity index (χ1) is 15.6. The predicted octanol–water partition coefficient (Wildman–Crippen LogP) is 0.525. The monoisotopic (exact) mass is 545 g/mol. The molecular formula is C12H18N7O12P3. The zero-order chi connectivity index (χ0) is 25.5. The van der Waals surface area contributed by atoms with Crippen molar-refractivity contribution in [2.45, 2.75) is 30.8 Å². The fourth-order valence-electron chi connectivity index (χ4n) is 3.21. The fraction of sp³-hybridized carbons (Fsp3) is 0.500. The minimum absolute atomic E-state index is 0.192. The highest BCUT2D eigenvalue weighted by Crippen LogP contribution is 2.66. The van der Waals surface area contributed by atoms with E-state index >= 15 is 0 Å². The lowest BCUT2D eigenvalue weighted by atomic mass is 9.88. The summed E-state index contributed by atoms with van der Waals surface area (Å²) in [6, 6.07) is 1.48. The van der Waals surface area contributed by atoms with Crippen molar-refractivity contribution in [3.63, 3.8) is 0 Å². The number of ether oxygens (including phenoxy) is 1. The van der Waals surface area contributed by atoms with Crippen molar-refractivity contribution in [2.75, 3.05) is 12.3 Å². The first-order valence-electron chi connectivity index (χ1n) is 8.85. The summed E-state index contributed by atoms with van der Waals surface area (Å²) < 4.78 is 52.8. The minimum Gasteiger partial charge on any atom is -0.396 e. The molecule has 0 spiro atoms. The lowest BCUT2D eigenvalue weighted by molar-refractivity contribution is -0.0235. The fourth-order valence-corrected chi connectivity index (χ4v) is 6.24. The highest BCUT2D eigenvalue weighted by Gasteiger charge is 2.55. The molecule has 1 aliphatic heterocycles. The van der Waals surface area contributed by atoms with Crippen LogP contribution in [0.4, 0.5) is 5.69 Å². The van der Waals surface area contributed by atoms with Gasteiger partial charge in [0.25, 0.3) is 0 Å². The number of fused-ring (bicyclic) bond motifs is 1. The van der Waals surface area contributed by atoms with Gasteiger partial charge in [-0.2, -0.15) is 13.7 Å². The highest BCUT2D eigenvalue weighted by molar-refractivity contribution is 7.66. The van der Waals surface area contributed by atoms with Gasteiger partial charge in [-0.25, -0.2) is 23.2 Å². The van der Waals surface area contributed by atoms with Crippen molar-refractivity contribution in [1.82, 2.24) is 14.6 Å². The molecule has 0 amide bonds. The summed E-state index contributed by atoms with van der Waals surface area (Å²) in [6.07, 6.45) is -1.70. The molecule has 0 aliphatic carbocycles. The molecule has 1 fully saturated rings. The number of hydrogen-bond acceptors (Lipinski definition) is 12. The van der Waals surface area contributed by atoms with Crippen molar-refractivity contribution >= 4 is 34.8 Å². The van der Waals surface area contributed by atoms with E-state index < -0.39 is 53.9 Å². The molecule has 2 aromatic rings. The number of phosphoric acid groups is 3. The number of nitrogens with two attached hydrogens (primary N) is 1. The third-order valence-electron chi connectivity index (χ3n) is 4.60. The quantitative estimate of drug-likeness (QED) is 0.108. The molecule has 22 heteroatoms. The SMILES string of the molecule is C[C@@]1(N=[N+]=[N-])[C@H](O)[C@@H](COP(=O)(O)OP(=O)(O)OP(=O)(O)O)O[C@H]1c1cnc2c(N)ccnn12. The first kappa shape index (κ1) is 26.7. The van der Waals surface area contributed by atoms with Crippen LogP contribution in [-0.4, -0.2) is 63.6 Å². The Morgan fingerprint density at radius 2 is 1.97 bits per heavy atom. The maximum absolute atomic E-state index is 12.0. The molecule has 0 aromatic carbocycles. The molecule has 3 rings (SSSR count). The Morgan fingerprint density at radius 3 is 2.59 bits per heavy atom. The van der Waals surface area contributed by atoms with Gasteiger partial charge in [0.1, 0.15) is 17.7 Å². The molecule has 7 N–H and O–H groups in total. The molecule has 2 unspecified atom stereocenters. The van der Waals surface area contributed by atoms with E-state index in [4.69, 9.17) is 25.8 Å². The second-order valence-electron chi connectivity index (χ2n) is 7.01. The van der Waals surface area contributed by atoms with Crippen molar-refractivity contribution < 1.29 is 56.3 Å². The van der Waals surface area contributed by atoms with Crippen molar-refractivity contribution in [3.05, 3.63) is 34.6 Å². The van der Waals surface area contributed by atoms with Gasteiger partial charge < -0.3 is 35.2 Å². The maximum atomic E-state index is 12.0. The number of phosphoric ester groups is 1. The third kappa shape index (κ3) is 5.64. The van der Waals surface area contributed by atoms with Crippen LogP contribution in [0.1, 0.15) is 18.7 Å². The van der Waals surface area contributed by atoms with Crippen LogP contribution in [0, 0.1) is 0 Å². The van der Waals surface area contributed by atoms with Gasteiger partial charge in [0, 0.05) is 4.91 Å². The number of aromatic nitrogens is 3. The normalized spacial score (nSPS) is 28.8. The van der Waals surface area contributed by atoms with E-state index in [0.717, 1.165) is 0 Å². The van der Waals surface area contributed by atoms with Crippen LogP contribution >= 0.6 is 23.5 Å². The summed E-state index contributed by atoms with van der Waals surface area (Å²) in [5.41, 5.74) is 13.8. The molecule has 0 radical (unpaired) electrons. The standard InChI is InChI=1S/C12H18N7O12P3/c1-12(17-18-14)9(20)8(5-28-33(24,25)31-34(26,27)30-32(21,22)23)29-10(12)7-4-15-11-6(13)2-3-16-19(7)11/h2-4,8-10,20H,5,13H2,1H3,(H,24,25)(H,26,27)(H2,21,22,23)/t8-,9-,10+,12-/m1/s1. The highest BCUT2D eigenvalue weighted by atomic mass is 31.3. The zero-order valence-corrected chi connectivity index (χ0v) is 19.6. The molecule has 2 aromatic heterocycles. The number of aliphatic hydroxyl groups is 1. The summed E-state index contributed by atoms with van der Waals surface area (Å²) in [5.74, 6) is 0. The number of azide groups is 1. The number of nitrogen functional groups attached to an aromatic ring is 1. The summed E-state index contributed by atoms with van der Waals surface area (Å²) >= 11 is 0. The lowest BCUT2D eigenvalue weighted by Crippen LogP contribution is -2.41.